The van der Waals surface area contributed by atoms with Crippen LogP contribution in [0.1, 0.15) is 22.3 Å². The molecule has 2 nitrogen and oxygen atoms in total. The smallest absolute Gasteiger partial charge is 0.0408 e. The third-order valence-electron chi connectivity index (χ3n) is 3.82. The zero-order chi connectivity index (χ0) is 13.2. The minimum absolute atomic E-state index is 0.515. The van der Waals surface area contributed by atoms with E-state index in [1.807, 2.05) is 18.5 Å². The second-order valence-electron chi connectivity index (χ2n) is 5.20. The molecule has 3 rings (SSSR count). The predicted molar refractivity (Wildman–Crippen MR) is 78.5 cm³/mol. The number of halogens is 1. The molecule has 0 radical (unpaired) electrons. The van der Waals surface area contributed by atoms with Gasteiger partial charge in [-0.25, -0.2) is 0 Å². The Bertz CT molecular complexity index is 595. The summed E-state index contributed by atoms with van der Waals surface area (Å²) in [7, 11) is 0. The van der Waals surface area contributed by atoms with Crippen LogP contribution in [-0.4, -0.2) is 11.0 Å². The molecule has 1 atom stereocenters. The number of nitrogens with one attached hydrogen (secondary N) is 1. The lowest BCUT2D eigenvalue weighted by Gasteiger charge is -2.13. The minimum Gasteiger partial charge on any atom is -0.309 e. The van der Waals surface area contributed by atoms with E-state index in [0.717, 1.165) is 24.4 Å². The molecule has 1 unspecified atom stereocenters. The third-order valence-corrected chi connectivity index (χ3v) is 4.05. The molecule has 0 saturated carbocycles. The van der Waals surface area contributed by atoms with Gasteiger partial charge in [0.2, 0.25) is 0 Å². The van der Waals surface area contributed by atoms with Gasteiger partial charge in [-0.1, -0.05) is 17.7 Å². The van der Waals surface area contributed by atoms with E-state index in [0.29, 0.717) is 6.04 Å². The monoisotopic (exact) mass is 272 g/mol. The Hall–Kier alpha value is -1.38. The maximum atomic E-state index is 6.04. The van der Waals surface area contributed by atoms with Gasteiger partial charge >= 0.3 is 0 Å². The lowest BCUT2D eigenvalue weighted by atomic mass is 10.1. The predicted octanol–water partition coefficient (Wildman–Crippen LogP) is 3.30. The van der Waals surface area contributed by atoms with Crippen molar-refractivity contribution in [3.05, 3.63) is 63.9 Å². The fraction of sp³-hybridized carbons (Fsp3) is 0.312. The Kier molecular flexibility index (Phi) is 3.54. The maximum Gasteiger partial charge on any atom is 0.0408 e. The summed E-state index contributed by atoms with van der Waals surface area (Å²) in [6, 6.07) is 8.82. The third kappa shape index (κ3) is 2.80. The number of hydrogen-bond donors (Lipinski definition) is 1. The van der Waals surface area contributed by atoms with Crippen LogP contribution in [-0.2, 0) is 19.4 Å². The van der Waals surface area contributed by atoms with Gasteiger partial charge in [0, 0.05) is 30.0 Å². The molecule has 0 spiro atoms. The van der Waals surface area contributed by atoms with Gasteiger partial charge in [0.25, 0.3) is 0 Å². The van der Waals surface area contributed by atoms with E-state index in [2.05, 4.69) is 35.4 Å². The van der Waals surface area contributed by atoms with Crippen LogP contribution in [0.15, 0.2) is 36.7 Å². The quantitative estimate of drug-likeness (QED) is 0.927. The van der Waals surface area contributed by atoms with E-state index in [4.69, 9.17) is 11.6 Å². The highest BCUT2D eigenvalue weighted by Crippen LogP contribution is 2.25. The summed E-state index contributed by atoms with van der Waals surface area (Å²) in [4.78, 5) is 4.12. The van der Waals surface area contributed by atoms with Gasteiger partial charge < -0.3 is 5.32 Å². The van der Waals surface area contributed by atoms with Crippen molar-refractivity contribution >= 4 is 11.6 Å². The topological polar surface area (TPSA) is 24.9 Å². The van der Waals surface area contributed by atoms with Gasteiger partial charge in [0.1, 0.15) is 0 Å². The van der Waals surface area contributed by atoms with Crippen molar-refractivity contribution < 1.29 is 0 Å². The number of rotatable bonds is 3. The van der Waals surface area contributed by atoms with Crippen molar-refractivity contribution in [2.45, 2.75) is 32.4 Å². The molecule has 3 heteroatoms. The lowest BCUT2D eigenvalue weighted by Crippen LogP contribution is -2.29. The van der Waals surface area contributed by atoms with Crippen LogP contribution >= 0.6 is 11.6 Å². The fourth-order valence-electron chi connectivity index (χ4n) is 2.69. The summed E-state index contributed by atoms with van der Waals surface area (Å²) in [6.45, 7) is 3.01. The molecule has 1 N–H and O–H groups in total. The van der Waals surface area contributed by atoms with E-state index in [1.165, 1.54) is 22.3 Å². The molecule has 0 amide bonds. The molecule has 1 aromatic carbocycles. The number of pyridine rings is 1. The number of benzene rings is 1. The molecule has 0 fully saturated rings. The van der Waals surface area contributed by atoms with Crippen LogP contribution in [0.5, 0.6) is 0 Å². The second-order valence-corrected chi connectivity index (χ2v) is 5.64. The van der Waals surface area contributed by atoms with Crippen LogP contribution in [0.25, 0.3) is 0 Å². The van der Waals surface area contributed by atoms with E-state index in [-0.39, 0.29) is 0 Å². The van der Waals surface area contributed by atoms with Crippen LogP contribution < -0.4 is 5.32 Å². The van der Waals surface area contributed by atoms with Crippen molar-refractivity contribution in [3.63, 3.8) is 0 Å². The van der Waals surface area contributed by atoms with Crippen molar-refractivity contribution in [3.8, 4) is 0 Å². The number of aromatic nitrogens is 1. The molecule has 2 aromatic rings. The van der Waals surface area contributed by atoms with E-state index in [1.54, 1.807) is 0 Å². The SMILES string of the molecule is Cc1cnccc1CNC1Cc2ccc(Cl)cc2C1. The summed E-state index contributed by atoms with van der Waals surface area (Å²) in [5, 5.41) is 4.47. The molecule has 0 saturated heterocycles. The largest absolute Gasteiger partial charge is 0.309 e. The molecule has 1 aromatic heterocycles. The van der Waals surface area contributed by atoms with E-state index in [9.17, 15) is 0 Å². The van der Waals surface area contributed by atoms with Crippen molar-refractivity contribution in [2.24, 2.45) is 0 Å². The van der Waals surface area contributed by atoms with Crippen molar-refractivity contribution in [2.75, 3.05) is 0 Å². The molecule has 1 aliphatic rings. The molecule has 0 bridgehead atoms. The van der Waals surface area contributed by atoms with E-state index >= 15 is 0 Å². The zero-order valence-corrected chi connectivity index (χ0v) is 11.7. The fourth-order valence-corrected chi connectivity index (χ4v) is 2.88. The minimum atomic E-state index is 0.515. The summed E-state index contributed by atoms with van der Waals surface area (Å²) < 4.78 is 0. The number of fused-ring (bicyclic) bond motifs is 1. The molecular weight excluding hydrogens is 256 g/mol. The Labute approximate surface area is 118 Å². The van der Waals surface area contributed by atoms with Crippen molar-refractivity contribution in [1.82, 2.24) is 10.3 Å². The van der Waals surface area contributed by atoms with Crippen LogP contribution in [0.2, 0.25) is 5.02 Å². The summed E-state index contributed by atoms with van der Waals surface area (Å²) >= 11 is 6.04. The molecular formula is C16H17ClN2. The Morgan fingerprint density at radius 3 is 2.95 bits per heavy atom. The Balaban J connectivity index is 1.63. The van der Waals surface area contributed by atoms with Crippen LogP contribution in [0.4, 0.5) is 0 Å². The first kappa shape index (κ1) is 12.6. The first-order chi connectivity index (χ1) is 9.22. The Morgan fingerprint density at radius 1 is 1.26 bits per heavy atom. The molecule has 1 aliphatic carbocycles. The summed E-state index contributed by atoms with van der Waals surface area (Å²) in [5.74, 6) is 0. The van der Waals surface area contributed by atoms with Gasteiger partial charge in [-0.05, 0) is 60.2 Å². The van der Waals surface area contributed by atoms with Gasteiger partial charge in [0.15, 0.2) is 0 Å². The molecule has 19 heavy (non-hydrogen) atoms. The van der Waals surface area contributed by atoms with Crippen LogP contribution in [0, 0.1) is 6.92 Å². The zero-order valence-electron chi connectivity index (χ0n) is 11.0. The first-order valence-corrected chi connectivity index (χ1v) is 7.00. The highest BCUT2D eigenvalue weighted by molar-refractivity contribution is 6.30. The average Bonchev–Trinajstić information content (AvgIpc) is 2.79. The summed E-state index contributed by atoms with van der Waals surface area (Å²) in [6.07, 6.45) is 5.93. The second kappa shape index (κ2) is 5.32. The first-order valence-electron chi connectivity index (χ1n) is 6.62. The molecule has 98 valence electrons. The highest BCUT2D eigenvalue weighted by atomic mass is 35.5. The van der Waals surface area contributed by atoms with E-state index < -0.39 is 0 Å². The standard InChI is InChI=1S/C16H17ClN2/c1-11-9-18-5-4-13(11)10-19-16-7-12-2-3-15(17)6-14(12)8-16/h2-6,9,16,19H,7-8,10H2,1H3. The number of hydrogen-bond acceptors (Lipinski definition) is 2. The highest BCUT2D eigenvalue weighted by Gasteiger charge is 2.20. The van der Waals surface area contributed by atoms with Gasteiger partial charge in [-0.15, -0.1) is 0 Å². The molecule has 0 aliphatic heterocycles. The number of nitrogens with zero attached hydrogens (tertiary/aromatic N) is 1. The van der Waals surface area contributed by atoms with Gasteiger partial charge in [0.05, 0.1) is 0 Å². The normalized spacial score (nSPS) is 17.5. The van der Waals surface area contributed by atoms with Gasteiger partial charge in [-0.2, -0.15) is 0 Å². The molecule has 1 heterocycles. The van der Waals surface area contributed by atoms with Crippen molar-refractivity contribution in [1.29, 1.82) is 0 Å². The van der Waals surface area contributed by atoms with Gasteiger partial charge in [-0.3, -0.25) is 4.98 Å². The average molecular weight is 273 g/mol. The summed E-state index contributed by atoms with van der Waals surface area (Å²) in [5.41, 5.74) is 5.38. The van der Waals surface area contributed by atoms with Crippen LogP contribution in [0.3, 0.4) is 0 Å². The Morgan fingerprint density at radius 2 is 2.11 bits per heavy atom. The lowest BCUT2D eigenvalue weighted by molar-refractivity contribution is 0.532. The maximum absolute atomic E-state index is 6.04. The number of aryl methyl sites for hydroxylation is 1.